The number of fused-ring (bicyclic) bond motifs is 1. The quantitative estimate of drug-likeness (QED) is 0.445. The van der Waals surface area contributed by atoms with Crippen molar-refractivity contribution in [3.05, 3.63) is 90.1 Å². The zero-order chi connectivity index (χ0) is 26.7. The van der Waals surface area contributed by atoms with Gasteiger partial charge in [0.05, 0.1) is 36.1 Å². The lowest BCUT2D eigenvalue weighted by Crippen LogP contribution is -2.39. The number of allylic oxidation sites excluding steroid dienone is 1. The fourth-order valence-corrected chi connectivity index (χ4v) is 5.27. The second-order valence-electron chi connectivity index (χ2n) is 8.75. The minimum Gasteiger partial charge on any atom is -0.493 e. The average Bonchev–Trinajstić information content (AvgIpc) is 3.20. The van der Waals surface area contributed by atoms with E-state index < -0.39 is 12.0 Å². The van der Waals surface area contributed by atoms with E-state index in [0.29, 0.717) is 43.6 Å². The van der Waals surface area contributed by atoms with Crippen molar-refractivity contribution in [2.75, 3.05) is 20.8 Å². The Balaban J connectivity index is 1.87. The largest absolute Gasteiger partial charge is 0.493 e. The smallest absolute Gasteiger partial charge is 0.338 e. The minimum atomic E-state index is -0.664. The number of nitrogens with zero attached hydrogens (tertiary/aromatic N) is 3. The lowest BCUT2D eigenvalue weighted by molar-refractivity contribution is -0.136. The Labute approximate surface area is 218 Å². The summed E-state index contributed by atoms with van der Waals surface area (Å²) in [6.07, 6.45) is 1.75. The van der Waals surface area contributed by atoms with Crippen LogP contribution in [0.1, 0.15) is 49.4 Å². The van der Waals surface area contributed by atoms with Gasteiger partial charge in [0.1, 0.15) is 6.07 Å². The third-order valence-corrected chi connectivity index (χ3v) is 7.11. The summed E-state index contributed by atoms with van der Waals surface area (Å²) in [4.78, 5) is 31.6. The number of hydrogen-bond acceptors (Lipinski definition) is 8. The Bertz CT molecular complexity index is 1590. The molecule has 0 unspecified atom stereocenters. The van der Waals surface area contributed by atoms with E-state index in [1.807, 2.05) is 30.3 Å². The maximum atomic E-state index is 13.7. The molecule has 2 aromatic carbocycles. The van der Waals surface area contributed by atoms with Gasteiger partial charge in [0, 0.05) is 0 Å². The summed E-state index contributed by atoms with van der Waals surface area (Å²) in [7, 11) is 2.83. The van der Waals surface area contributed by atoms with Gasteiger partial charge in [-0.05, 0) is 47.7 Å². The standard InChI is InChI=1S/C28H27N3O5S/c1-16(2)19-7-9-20(10-8-19)25-24(27(33)35-5)17(3)30-28-31(25)26(32)23(37-28)15-18-6-11-21(36-13-12-29)22(14-18)34-4/h6-11,14-16,25H,13H2,1-5H3/b23-15+/t25-/m0/s1. The van der Waals surface area contributed by atoms with E-state index in [1.54, 1.807) is 35.8 Å². The topological polar surface area (TPSA) is 103 Å². The molecule has 9 heteroatoms. The Morgan fingerprint density at radius 2 is 1.92 bits per heavy atom. The molecule has 0 fully saturated rings. The number of nitriles is 1. The maximum absolute atomic E-state index is 13.7. The molecule has 190 valence electrons. The molecule has 3 aromatic rings. The summed E-state index contributed by atoms with van der Waals surface area (Å²) in [5, 5.41) is 8.78. The van der Waals surface area contributed by atoms with E-state index in [2.05, 4.69) is 18.8 Å². The predicted octanol–water partition coefficient (Wildman–Crippen LogP) is 3.44. The number of esters is 1. The number of rotatable bonds is 7. The van der Waals surface area contributed by atoms with Crippen LogP contribution in [-0.2, 0) is 9.53 Å². The number of carbonyl (C=O) groups is 1. The highest BCUT2D eigenvalue weighted by molar-refractivity contribution is 7.07. The van der Waals surface area contributed by atoms with Gasteiger partial charge >= 0.3 is 5.97 Å². The molecule has 1 atom stereocenters. The Morgan fingerprint density at radius 3 is 2.54 bits per heavy atom. The SMILES string of the molecule is COC(=O)C1=C(C)N=c2s/c(=C/c3ccc(OCC#N)c(OC)c3)c(=O)n2[C@H]1c1ccc(C(C)C)cc1. The minimum absolute atomic E-state index is 0.103. The molecule has 0 amide bonds. The molecule has 1 aliphatic heterocycles. The summed E-state index contributed by atoms with van der Waals surface area (Å²) in [5.41, 5.74) is 3.25. The highest BCUT2D eigenvalue weighted by Gasteiger charge is 2.33. The van der Waals surface area contributed by atoms with Crippen LogP contribution in [0.15, 0.2) is 63.5 Å². The lowest BCUT2D eigenvalue weighted by Gasteiger charge is -2.24. The normalized spacial score (nSPS) is 15.2. The van der Waals surface area contributed by atoms with E-state index in [0.717, 1.165) is 11.1 Å². The number of aromatic nitrogens is 1. The van der Waals surface area contributed by atoms with E-state index in [1.165, 1.54) is 25.6 Å². The molecule has 4 rings (SSSR count). The summed E-state index contributed by atoms with van der Waals surface area (Å²) < 4.78 is 17.9. The van der Waals surface area contributed by atoms with Crippen molar-refractivity contribution in [1.29, 1.82) is 5.26 Å². The molecule has 37 heavy (non-hydrogen) atoms. The number of ether oxygens (including phenoxy) is 3. The van der Waals surface area contributed by atoms with Gasteiger partial charge in [-0.15, -0.1) is 0 Å². The van der Waals surface area contributed by atoms with Gasteiger partial charge < -0.3 is 14.2 Å². The third-order valence-electron chi connectivity index (χ3n) is 6.12. The molecule has 1 aromatic heterocycles. The summed E-state index contributed by atoms with van der Waals surface area (Å²) in [6.45, 7) is 5.87. The Morgan fingerprint density at radius 1 is 1.19 bits per heavy atom. The second kappa shape index (κ2) is 10.8. The monoisotopic (exact) mass is 517 g/mol. The van der Waals surface area contributed by atoms with Gasteiger partial charge in [-0.1, -0.05) is 55.5 Å². The van der Waals surface area contributed by atoms with E-state index in [4.69, 9.17) is 19.5 Å². The number of carbonyl (C=O) groups excluding carboxylic acids is 1. The van der Waals surface area contributed by atoms with Gasteiger partial charge in [-0.25, -0.2) is 9.79 Å². The van der Waals surface area contributed by atoms with Gasteiger partial charge in [-0.3, -0.25) is 9.36 Å². The van der Waals surface area contributed by atoms with Gasteiger partial charge in [-0.2, -0.15) is 5.26 Å². The van der Waals surface area contributed by atoms with Crippen LogP contribution < -0.4 is 24.4 Å². The van der Waals surface area contributed by atoms with Crippen LogP contribution in [0.4, 0.5) is 0 Å². The Hall–Kier alpha value is -4.16. The van der Waals surface area contributed by atoms with Crippen LogP contribution in [-0.4, -0.2) is 31.4 Å². The highest BCUT2D eigenvalue weighted by atomic mass is 32.1. The highest BCUT2D eigenvalue weighted by Crippen LogP contribution is 2.32. The Kier molecular flexibility index (Phi) is 7.60. The average molecular weight is 518 g/mol. The summed E-state index contributed by atoms with van der Waals surface area (Å²) in [5.74, 6) is 0.711. The zero-order valence-electron chi connectivity index (χ0n) is 21.3. The lowest BCUT2D eigenvalue weighted by atomic mass is 9.93. The van der Waals surface area contributed by atoms with Crippen molar-refractivity contribution >= 4 is 23.4 Å². The van der Waals surface area contributed by atoms with Crippen LogP contribution in [0.3, 0.4) is 0 Å². The molecule has 0 aliphatic carbocycles. The van der Waals surface area contributed by atoms with Crippen molar-refractivity contribution in [2.24, 2.45) is 4.99 Å². The summed E-state index contributed by atoms with van der Waals surface area (Å²) in [6, 6.07) is 14.4. The predicted molar refractivity (Wildman–Crippen MR) is 140 cm³/mol. The van der Waals surface area contributed by atoms with Crippen molar-refractivity contribution in [3.8, 4) is 17.6 Å². The second-order valence-corrected chi connectivity index (χ2v) is 9.76. The van der Waals surface area contributed by atoms with Gasteiger partial charge in [0.15, 0.2) is 22.9 Å². The molecule has 2 heterocycles. The molecule has 0 spiro atoms. The fraction of sp³-hybridized carbons (Fsp3) is 0.286. The van der Waals surface area contributed by atoms with Crippen LogP contribution in [0.2, 0.25) is 0 Å². The van der Waals surface area contributed by atoms with Crippen LogP contribution >= 0.6 is 11.3 Å². The first-order valence-corrected chi connectivity index (χ1v) is 12.5. The van der Waals surface area contributed by atoms with Crippen molar-refractivity contribution in [2.45, 2.75) is 32.7 Å². The molecular weight excluding hydrogens is 490 g/mol. The first-order chi connectivity index (χ1) is 17.8. The fourth-order valence-electron chi connectivity index (χ4n) is 4.23. The molecule has 0 bridgehead atoms. The van der Waals surface area contributed by atoms with Crippen molar-refractivity contribution < 1.29 is 19.0 Å². The first kappa shape index (κ1) is 25.9. The number of benzene rings is 2. The van der Waals surface area contributed by atoms with Gasteiger partial charge in [0.2, 0.25) is 0 Å². The van der Waals surface area contributed by atoms with Crippen molar-refractivity contribution in [1.82, 2.24) is 4.57 Å². The van der Waals surface area contributed by atoms with Gasteiger partial charge in [0.25, 0.3) is 5.56 Å². The number of hydrogen-bond donors (Lipinski definition) is 0. The maximum Gasteiger partial charge on any atom is 0.338 e. The van der Waals surface area contributed by atoms with Crippen LogP contribution in [0.25, 0.3) is 6.08 Å². The molecule has 8 nitrogen and oxygen atoms in total. The van der Waals surface area contributed by atoms with Crippen molar-refractivity contribution in [3.63, 3.8) is 0 Å². The summed E-state index contributed by atoms with van der Waals surface area (Å²) >= 11 is 1.25. The number of thiazole rings is 1. The van der Waals surface area contributed by atoms with E-state index in [9.17, 15) is 9.59 Å². The molecule has 0 saturated carbocycles. The first-order valence-electron chi connectivity index (χ1n) is 11.7. The van der Waals surface area contributed by atoms with Crippen LogP contribution in [0, 0.1) is 11.3 Å². The molecule has 0 saturated heterocycles. The zero-order valence-corrected chi connectivity index (χ0v) is 22.1. The van der Waals surface area contributed by atoms with E-state index in [-0.39, 0.29) is 12.2 Å². The van der Waals surface area contributed by atoms with Crippen LogP contribution in [0.5, 0.6) is 11.5 Å². The molecule has 1 aliphatic rings. The molecule has 0 radical (unpaired) electrons. The molecular formula is C28H27N3O5S. The van der Waals surface area contributed by atoms with E-state index >= 15 is 0 Å². The third kappa shape index (κ3) is 5.06. The number of methoxy groups -OCH3 is 2. The molecule has 0 N–H and O–H groups in total.